The lowest BCUT2D eigenvalue weighted by Crippen LogP contribution is -2.16. The maximum absolute atomic E-state index is 5.70. The monoisotopic (exact) mass is 272 g/mol. The molecule has 0 radical (unpaired) electrons. The fraction of sp³-hybridized carbons (Fsp3) is 0.438. The van der Waals surface area contributed by atoms with Gasteiger partial charge >= 0.3 is 0 Å². The predicted molar refractivity (Wildman–Crippen MR) is 79.0 cm³/mol. The lowest BCUT2D eigenvalue weighted by atomic mass is 10.1. The van der Waals surface area contributed by atoms with Crippen LogP contribution in [0, 0.1) is 0 Å². The molecule has 0 bridgehead atoms. The molecule has 1 aliphatic rings. The van der Waals surface area contributed by atoms with Crippen molar-refractivity contribution < 1.29 is 9.47 Å². The molecule has 0 atom stereocenters. The quantitative estimate of drug-likeness (QED) is 0.787. The van der Waals surface area contributed by atoms with E-state index in [2.05, 4.69) is 28.5 Å². The highest BCUT2D eigenvalue weighted by Crippen LogP contribution is 2.27. The summed E-state index contributed by atoms with van der Waals surface area (Å²) >= 11 is 0. The summed E-state index contributed by atoms with van der Waals surface area (Å²) in [7, 11) is 1.67. The number of benzene rings is 1. The molecule has 1 saturated carbocycles. The Morgan fingerprint density at radius 1 is 1.20 bits per heavy atom. The SMILES string of the molecule is COCCOc1ncc(CNC2CC2)c2ccccc12. The Hall–Kier alpha value is -1.65. The first-order valence-corrected chi connectivity index (χ1v) is 7.10. The Morgan fingerprint density at radius 2 is 2.00 bits per heavy atom. The van der Waals surface area contributed by atoms with E-state index in [0.717, 1.165) is 11.9 Å². The predicted octanol–water partition coefficient (Wildman–Crippen LogP) is 2.51. The van der Waals surface area contributed by atoms with Crippen LogP contribution in [-0.2, 0) is 11.3 Å². The lowest BCUT2D eigenvalue weighted by Gasteiger charge is -2.11. The van der Waals surface area contributed by atoms with E-state index >= 15 is 0 Å². The summed E-state index contributed by atoms with van der Waals surface area (Å²) in [6.45, 7) is 1.96. The Kier molecular flexibility index (Phi) is 4.14. The molecule has 3 rings (SSSR count). The van der Waals surface area contributed by atoms with Gasteiger partial charge in [-0.2, -0.15) is 0 Å². The summed E-state index contributed by atoms with van der Waals surface area (Å²) in [6, 6.07) is 8.97. The van der Waals surface area contributed by atoms with Gasteiger partial charge in [-0.15, -0.1) is 0 Å². The molecule has 1 heterocycles. The highest BCUT2D eigenvalue weighted by atomic mass is 16.5. The third-order valence-electron chi connectivity index (χ3n) is 3.53. The Morgan fingerprint density at radius 3 is 2.75 bits per heavy atom. The normalized spacial score (nSPS) is 14.7. The molecule has 4 nitrogen and oxygen atoms in total. The van der Waals surface area contributed by atoms with E-state index in [0.29, 0.717) is 25.1 Å². The molecule has 1 fully saturated rings. The Bertz CT molecular complexity index is 582. The molecule has 0 unspecified atom stereocenters. The molecule has 1 aliphatic carbocycles. The maximum Gasteiger partial charge on any atom is 0.221 e. The number of hydrogen-bond donors (Lipinski definition) is 1. The molecule has 4 heteroatoms. The first kappa shape index (κ1) is 13.3. The van der Waals surface area contributed by atoms with Crippen LogP contribution >= 0.6 is 0 Å². The van der Waals surface area contributed by atoms with Gasteiger partial charge < -0.3 is 14.8 Å². The van der Waals surface area contributed by atoms with Crippen LogP contribution in [0.3, 0.4) is 0 Å². The van der Waals surface area contributed by atoms with Crippen LogP contribution in [0.4, 0.5) is 0 Å². The fourth-order valence-electron chi connectivity index (χ4n) is 2.24. The second-order valence-electron chi connectivity index (χ2n) is 5.13. The average molecular weight is 272 g/mol. The van der Waals surface area contributed by atoms with Crippen LogP contribution in [0.25, 0.3) is 10.8 Å². The number of ether oxygens (including phenoxy) is 2. The van der Waals surface area contributed by atoms with Gasteiger partial charge in [0.15, 0.2) is 0 Å². The summed E-state index contributed by atoms with van der Waals surface area (Å²) in [5.41, 5.74) is 1.23. The average Bonchev–Trinajstić information content (AvgIpc) is 3.30. The van der Waals surface area contributed by atoms with E-state index in [1.807, 2.05) is 12.3 Å². The molecular weight excluding hydrogens is 252 g/mol. The van der Waals surface area contributed by atoms with Gasteiger partial charge in [-0.05, 0) is 29.9 Å². The van der Waals surface area contributed by atoms with Gasteiger partial charge in [-0.1, -0.05) is 18.2 Å². The summed E-state index contributed by atoms with van der Waals surface area (Å²) in [4.78, 5) is 4.46. The third kappa shape index (κ3) is 3.08. The number of pyridine rings is 1. The summed E-state index contributed by atoms with van der Waals surface area (Å²) in [5, 5.41) is 5.82. The zero-order valence-corrected chi connectivity index (χ0v) is 11.8. The summed E-state index contributed by atoms with van der Waals surface area (Å²) < 4.78 is 10.7. The van der Waals surface area contributed by atoms with Crippen molar-refractivity contribution in [1.82, 2.24) is 10.3 Å². The number of nitrogens with zero attached hydrogens (tertiary/aromatic N) is 1. The van der Waals surface area contributed by atoms with E-state index < -0.39 is 0 Å². The van der Waals surface area contributed by atoms with Gasteiger partial charge in [0.2, 0.25) is 5.88 Å². The molecule has 106 valence electrons. The van der Waals surface area contributed by atoms with E-state index in [1.165, 1.54) is 23.8 Å². The van der Waals surface area contributed by atoms with Gasteiger partial charge in [-0.25, -0.2) is 4.98 Å². The first-order chi connectivity index (χ1) is 9.88. The maximum atomic E-state index is 5.70. The number of methoxy groups -OCH3 is 1. The summed E-state index contributed by atoms with van der Waals surface area (Å²) in [5.74, 6) is 0.688. The largest absolute Gasteiger partial charge is 0.475 e. The van der Waals surface area contributed by atoms with Crippen LogP contribution in [0.1, 0.15) is 18.4 Å². The minimum atomic E-state index is 0.521. The van der Waals surface area contributed by atoms with Crippen molar-refractivity contribution in [3.8, 4) is 5.88 Å². The van der Waals surface area contributed by atoms with E-state index in [4.69, 9.17) is 9.47 Å². The molecule has 1 aromatic heterocycles. The number of aromatic nitrogens is 1. The van der Waals surface area contributed by atoms with Crippen LogP contribution < -0.4 is 10.1 Å². The van der Waals surface area contributed by atoms with Crippen molar-refractivity contribution in [1.29, 1.82) is 0 Å². The molecule has 0 amide bonds. The minimum Gasteiger partial charge on any atom is -0.475 e. The van der Waals surface area contributed by atoms with E-state index in [1.54, 1.807) is 7.11 Å². The van der Waals surface area contributed by atoms with E-state index in [-0.39, 0.29) is 0 Å². The fourth-order valence-corrected chi connectivity index (χ4v) is 2.24. The minimum absolute atomic E-state index is 0.521. The zero-order chi connectivity index (χ0) is 13.8. The second kappa shape index (κ2) is 6.20. The second-order valence-corrected chi connectivity index (χ2v) is 5.13. The Labute approximate surface area is 119 Å². The molecule has 0 aliphatic heterocycles. The van der Waals surface area contributed by atoms with Gasteiger partial charge in [0.05, 0.1) is 6.61 Å². The Balaban J connectivity index is 1.83. The van der Waals surface area contributed by atoms with Crippen molar-refractivity contribution in [2.75, 3.05) is 20.3 Å². The van der Waals surface area contributed by atoms with Gasteiger partial charge in [-0.3, -0.25) is 0 Å². The smallest absolute Gasteiger partial charge is 0.221 e. The standard InChI is InChI=1S/C16H20N2O2/c1-19-8-9-20-16-15-5-3-2-4-14(15)12(11-18-16)10-17-13-6-7-13/h2-5,11,13,17H,6-10H2,1H3. The number of hydrogen-bond acceptors (Lipinski definition) is 4. The molecule has 1 N–H and O–H groups in total. The highest BCUT2D eigenvalue weighted by Gasteiger charge is 2.20. The van der Waals surface area contributed by atoms with Crippen molar-refractivity contribution in [2.45, 2.75) is 25.4 Å². The van der Waals surface area contributed by atoms with Gasteiger partial charge in [0.25, 0.3) is 0 Å². The topological polar surface area (TPSA) is 43.4 Å². The van der Waals surface area contributed by atoms with Crippen molar-refractivity contribution in [3.05, 3.63) is 36.0 Å². The molecule has 20 heavy (non-hydrogen) atoms. The van der Waals surface area contributed by atoms with Crippen molar-refractivity contribution in [3.63, 3.8) is 0 Å². The zero-order valence-electron chi connectivity index (χ0n) is 11.8. The molecule has 0 spiro atoms. The van der Waals surface area contributed by atoms with Crippen molar-refractivity contribution >= 4 is 10.8 Å². The highest BCUT2D eigenvalue weighted by molar-refractivity contribution is 5.89. The van der Waals surface area contributed by atoms with Crippen LogP contribution in [-0.4, -0.2) is 31.3 Å². The first-order valence-electron chi connectivity index (χ1n) is 7.10. The van der Waals surface area contributed by atoms with Gasteiger partial charge in [0.1, 0.15) is 6.61 Å². The van der Waals surface area contributed by atoms with Gasteiger partial charge in [0, 0.05) is 31.3 Å². The number of fused-ring (bicyclic) bond motifs is 1. The molecule has 2 aromatic rings. The molecule has 1 aromatic carbocycles. The van der Waals surface area contributed by atoms with E-state index in [9.17, 15) is 0 Å². The number of rotatable bonds is 7. The van der Waals surface area contributed by atoms with Crippen LogP contribution in [0.2, 0.25) is 0 Å². The summed E-state index contributed by atoms with van der Waals surface area (Å²) in [6.07, 6.45) is 4.51. The van der Waals surface area contributed by atoms with Crippen LogP contribution in [0.5, 0.6) is 5.88 Å². The van der Waals surface area contributed by atoms with Crippen LogP contribution in [0.15, 0.2) is 30.5 Å². The van der Waals surface area contributed by atoms with Crippen molar-refractivity contribution in [2.24, 2.45) is 0 Å². The third-order valence-corrected chi connectivity index (χ3v) is 3.53. The number of nitrogens with one attached hydrogen (secondary N) is 1. The molecular formula is C16H20N2O2. The molecule has 0 saturated heterocycles. The lowest BCUT2D eigenvalue weighted by molar-refractivity contribution is 0.144.